The maximum absolute atomic E-state index is 13.9. The van der Waals surface area contributed by atoms with Crippen molar-refractivity contribution in [1.82, 2.24) is 0 Å². The lowest BCUT2D eigenvalue weighted by Crippen LogP contribution is -2.40. The van der Waals surface area contributed by atoms with Crippen molar-refractivity contribution in [2.24, 2.45) is 0 Å². The molecule has 2 N–H and O–H groups in total. The molecule has 6 nitrogen and oxygen atoms in total. The fraction of sp³-hybridized carbons (Fsp3) is 0.400. The van der Waals surface area contributed by atoms with Crippen LogP contribution in [0.2, 0.25) is 0 Å². The Labute approximate surface area is 203 Å². The van der Waals surface area contributed by atoms with Gasteiger partial charge in [0.1, 0.15) is 11.5 Å². The Balaban J connectivity index is 2.64. The number of nitrogens with zero attached hydrogens (tertiary/aromatic N) is 1. The van der Waals surface area contributed by atoms with Gasteiger partial charge in [-0.2, -0.15) is 5.26 Å². The zero-order valence-electron chi connectivity index (χ0n) is 19.2. The van der Waals surface area contributed by atoms with Gasteiger partial charge in [-0.3, -0.25) is 20.3 Å². The number of hydrogen-bond donors (Lipinski definition) is 2. The molecule has 1 unspecified atom stereocenters. The van der Waals surface area contributed by atoms with Crippen LogP contribution in [0, 0.1) is 14.9 Å². The van der Waals surface area contributed by atoms with Gasteiger partial charge >= 0.3 is 5.97 Å². The van der Waals surface area contributed by atoms with Gasteiger partial charge in [-0.15, -0.1) is 0 Å². The van der Waals surface area contributed by atoms with E-state index in [1.807, 2.05) is 29.7 Å². The maximum Gasteiger partial charge on any atom is 0.321 e. The lowest BCUT2D eigenvalue weighted by atomic mass is 9.73. The van der Waals surface area contributed by atoms with Crippen molar-refractivity contribution < 1.29 is 19.5 Å². The number of nitrogens with one attached hydrogen (secondary N) is 1. The molecule has 0 heterocycles. The smallest absolute Gasteiger partial charge is 0.321 e. The molecule has 1 atom stereocenters. The van der Waals surface area contributed by atoms with Gasteiger partial charge in [0.2, 0.25) is 0 Å². The van der Waals surface area contributed by atoms with Gasteiger partial charge in [-0.05, 0) is 98.5 Å². The van der Waals surface area contributed by atoms with E-state index in [1.165, 1.54) is 23.8 Å². The molecule has 32 heavy (non-hydrogen) atoms. The number of carbonyl (C=O) groups is 2. The summed E-state index contributed by atoms with van der Waals surface area (Å²) in [6.45, 7) is 10.8. The number of esters is 1. The number of aryl methyl sites for hydroxylation is 1. The average molecular weight is 548 g/mol. The molecule has 0 aliphatic rings. The monoisotopic (exact) mass is 548 g/mol. The van der Waals surface area contributed by atoms with Crippen LogP contribution in [0.3, 0.4) is 0 Å². The molecule has 0 amide bonds. The summed E-state index contributed by atoms with van der Waals surface area (Å²) >= 11 is 2.25. The highest BCUT2D eigenvalue weighted by Crippen LogP contribution is 2.37. The molecule has 0 aliphatic carbocycles. The van der Waals surface area contributed by atoms with Crippen LogP contribution in [0.25, 0.3) is 0 Å². The third-order valence-corrected chi connectivity index (χ3v) is 6.29. The lowest BCUT2D eigenvalue weighted by molar-refractivity contribution is -0.159. The molecule has 0 saturated carbocycles. The average Bonchev–Trinajstić information content (AvgIpc) is 2.72. The van der Waals surface area contributed by atoms with Gasteiger partial charge in [0.25, 0.3) is 0 Å². The standard InChI is InChI=1S/C25H29IN2O4/c1-7-16-9-10-17(13-19(16)26)25(5,6)22(29)21(23(30)32-24(2,3)4)18-11-8-15(14-27)12-20(18)28-31/h8-13,21,28,31H,7H2,1-6H3. The third kappa shape index (κ3) is 5.67. The summed E-state index contributed by atoms with van der Waals surface area (Å²) < 4.78 is 6.64. The molecular weight excluding hydrogens is 519 g/mol. The molecule has 2 rings (SSSR count). The SMILES string of the molecule is CCc1ccc(C(C)(C)C(=O)C(C(=O)OC(C)(C)C)c2ccc(C#N)cc2NO)cc1I. The summed E-state index contributed by atoms with van der Waals surface area (Å²) in [5.74, 6) is -2.38. The van der Waals surface area contributed by atoms with E-state index in [0.29, 0.717) is 0 Å². The Morgan fingerprint density at radius 1 is 1.16 bits per heavy atom. The number of Topliss-reactive ketones (excluding diaryl/α,β-unsaturated/α-hetero) is 1. The largest absolute Gasteiger partial charge is 0.459 e. The second-order valence-electron chi connectivity index (χ2n) is 9.14. The number of rotatable bonds is 7. The summed E-state index contributed by atoms with van der Waals surface area (Å²) in [5.41, 5.74) is 2.80. The fourth-order valence-corrected chi connectivity index (χ4v) is 4.33. The van der Waals surface area contributed by atoms with E-state index in [4.69, 9.17) is 4.74 Å². The van der Waals surface area contributed by atoms with E-state index in [9.17, 15) is 20.1 Å². The number of carbonyl (C=O) groups excluding carboxylic acids is 2. The molecule has 0 saturated heterocycles. The Bertz CT molecular complexity index is 1060. The zero-order chi connectivity index (χ0) is 24.3. The van der Waals surface area contributed by atoms with Gasteiger partial charge in [0, 0.05) is 8.99 Å². The van der Waals surface area contributed by atoms with Crippen LogP contribution in [0.1, 0.15) is 69.7 Å². The summed E-state index contributed by atoms with van der Waals surface area (Å²) in [6, 6.07) is 12.3. The van der Waals surface area contributed by atoms with Crippen LogP contribution in [0.5, 0.6) is 0 Å². The van der Waals surface area contributed by atoms with Crippen LogP contribution >= 0.6 is 22.6 Å². The van der Waals surface area contributed by atoms with Gasteiger partial charge in [0.05, 0.1) is 17.3 Å². The van der Waals surface area contributed by atoms with E-state index in [1.54, 1.807) is 34.6 Å². The second-order valence-corrected chi connectivity index (χ2v) is 10.3. The maximum atomic E-state index is 13.9. The van der Waals surface area contributed by atoms with E-state index in [-0.39, 0.29) is 22.6 Å². The molecule has 0 bridgehead atoms. The first-order valence-electron chi connectivity index (χ1n) is 10.4. The van der Waals surface area contributed by atoms with Gasteiger partial charge in [-0.25, -0.2) is 0 Å². The number of ether oxygens (including phenoxy) is 1. The number of halogens is 1. The Morgan fingerprint density at radius 2 is 1.81 bits per heavy atom. The van der Waals surface area contributed by atoms with Crippen LogP contribution in [-0.4, -0.2) is 22.6 Å². The van der Waals surface area contributed by atoms with Crippen LogP contribution < -0.4 is 5.48 Å². The summed E-state index contributed by atoms with van der Waals surface area (Å²) in [7, 11) is 0. The van der Waals surface area contributed by atoms with E-state index < -0.39 is 22.9 Å². The first-order valence-corrected chi connectivity index (χ1v) is 11.4. The Hall–Kier alpha value is -2.44. The minimum Gasteiger partial charge on any atom is -0.459 e. The van der Waals surface area contributed by atoms with E-state index in [0.717, 1.165) is 15.6 Å². The number of hydrogen-bond acceptors (Lipinski definition) is 6. The molecular formula is C25H29IN2O4. The highest BCUT2D eigenvalue weighted by atomic mass is 127. The van der Waals surface area contributed by atoms with Crippen molar-refractivity contribution in [2.75, 3.05) is 5.48 Å². The van der Waals surface area contributed by atoms with Crippen molar-refractivity contribution in [3.63, 3.8) is 0 Å². The van der Waals surface area contributed by atoms with Crippen molar-refractivity contribution >= 4 is 40.0 Å². The summed E-state index contributed by atoms with van der Waals surface area (Å²) in [4.78, 5) is 27.2. The van der Waals surface area contributed by atoms with Gasteiger partial charge < -0.3 is 4.74 Å². The number of ketones is 1. The number of benzene rings is 2. The Kier molecular flexibility index (Phi) is 8.07. The van der Waals surface area contributed by atoms with E-state index in [2.05, 4.69) is 29.5 Å². The van der Waals surface area contributed by atoms with Crippen molar-refractivity contribution in [3.05, 3.63) is 62.2 Å². The van der Waals surface area contributed by atoms with Crippen molar-refractivity contribution in [2.45, 2.75) is 64.9 Å². The van der Waals surface area contributed by atoms with Crippen LogP contribution in [0.15, 0.2) is 36.4 Å². The molecule has 0 fully saturated rings. The first-order chi connectivity index (χ1) is 14.8. The molecule has 2 aromatic carbocycles. The molecule has 7 heteroatoms. The molecule has 0 radical (unpaired) electrons. The van der Waals surface area contributed by atoms with E-state index >= 15 is 0 Å². The topological polar surface area (TPSA) is 99.4 Å². The molecule has 0 aliphatic heterocycles. The quantitative estimate of drug-likeness (QED) is 0.205. The number of anilines is 1. The fourth-order valence-electron chi connectivity index (χ4n) is 3.44. The second kappa shape index (κ2) is 10.0. The minimum atomic E-state index is -1.30. The van der Waals surface area contributed by atoms with Crippen molar-refractivity contribution in [3.8, 4) is 6.07 Å². The van der Waals surface area contributed by atoms with Crippen LogP contribution in [0.4, 0.5) is 5.69 Å². The highest BCUT2D eigenvalue weighted by molar-refractivity contribution is 14.1. The lowest BCUT2D eigenvalue weighted by Gasteiger charge is -2.31. The molecule has 0 spiro atoms. The summed E-state index contributed by atoms with van der Waals surface area (Å²) in [5, 5.41) is 18.9. The van der Waals surface area contributed by atoms with Crippen LogP contribution in [-0.2, 0) is 26.2 Å². The molecule has 2 aromatic rings. The minimum absolute atomic E-state index is 0.111. The van der Waals surface area contributed by atoms with Gasteiger partial charge in [0.15, 0.2) is 5.78 Å². The first kappa shape index (κ1) is 25.8. The molecule has 170 valence electrons. The predicted molar refractivity (Wildman–Crippen MR) is 132 cm³/mol. The predicted octanol–water partition coefficient (Wildman–Crippen LogP) is 5.50. The summed E-state index contributed by atoms with van der Waals surface area (Å²) in [6.07, 6.45) is 0.879. The van der Waals surface area contributed by atoms with Crippen molar-refractivity contribution in [1.29, 1.82) is 5.26 Å². The normalized spacial score (nSPS) is 12.6. The van der Waals surface area contributed by atoms with Gasteiger partial charge in [-0.1, -0.05) is 25.1 Å². The molecule has 0 aromatic heterocycles. The number of nitriles is 1. The Morgan fingerprint density at radius 3 is 2.31 bits per heavy atom. The zero-order valence-corrected chi connectivity index (χ0v) is 21.4. The highest BCUT2D eigenvalue weighted by Gasteiger charge is 2.43. The third-order valence-electron chi connectivity index (χ3n) is 5.29.